The van der Waals surface area contributed by atoms with Crippen molar-refractivity contribution in [3.8, 4) is 0 Å². The van der Waals surface area contributed by atoms with E-state index in [2.05, 4.69) is 26.6 Å². The molecule has 0 aromatic rings. The van der Waals surface area contributed by atoms with E-state index in [0.29, 0.717) is 0 Å². The van der Waals surface area contributed by atoms with Gasteiger partial charge in [0.2, 0.25) is 0 Å². The molecule has 1 unspecified atom stereocenters. The topological polar surface area (TPSA) is 0 Å². The van der Waals surface area contributed by atoms with Gasteiger partial charge in [-0.05, 0) is 11.5 Å². The Morgan fingerprint density at radius 2 is 1.77 bits per heavy atom. The van der Waals surface area contributed by atoms with Crippen molar-refractivity contribution in [2.45, 2.75) is 70.6 Å². The first-order valence-corrected chi connectivity index (χ1v) is 9.63. The molecule has 0 bridgehead atoms. The molecule has 1 atom stereocenters. The molecule has 1 aliphatic rings. The second-order valence-corrected chi connectivity index (χ2v) is 11.3. The third kappa shape index (κ3) is 3.84. The maximum atomic E-state index is 2.56. The predicted molar refractivity (Wildman–Crippen MR) is 64.0 cm³/mol. The van der Waals surface area contributed by atoms with Crippen molar-refractivity contribution < 1.29 is 0 Å². The molecule has 0 aliphatic heterocycles. The van der Waals surface area contributed by atoms with Crippen LogP contribution in [0.3, 0.4) is 0 Å². The molecule has 0 saturated heterocycles. The van der Waals surface area contributed by atoms with Crippen molar-refractivity contribution in [2.24, 2.45) is 5.92 Å². The maximum Gasteiger partial charge on any atom is 0.0476 e. The van der Waals surface area contributed by atoms with Crippen LogP contribution < -0.4 is 0 Å². The summed E-state index contributed by atoms with van der Waals surface area (Å²) in [5.74, 6) is 1.14. The van der Waals surface area contributed by atoms with E-state index in [4.69, 9.17) is 0 Å². The highest BCUT2D eigenvalue weighted by molar-refractivity contribution is 6.77. The fraction of sp³-hybridized carbons (Fsp3) is 1.00. The minimum absolute atomic E-state index is 0.837. The average molecular weight is 198 g/mol. The lowest BCUT2D eigenvalue weighted by molar-refractivity contribution is 0.581. The van der Waals surface area contributed by atoms with Crippen LogP contribution in [0, 0.1) is 5.92 Å². The minimum atomic E-state index is -0.837. The van der Waals surface area contributed by atoms with Gasteiger partial charge in [0, 0.05) is 8.07 Å². The molecule has 0 heterocycles. The van der Waals surface area contributed by atoms with Crippen LogP contribution in [0.25, 0.3) is 0 Å². The molecule has 1 fully saturated rings. The SMILES string of the molecule is CCCCCC(C1CC1)[Si](C)(C)C. The van der Waals surface area contributed by atoms with Gasteiger partial charge in [0.15, 0.2) is 0 Å². The smallest absolute Gasteiger partial charge is 0.0476 e. The fourth-order valence-electron chi connectivity index (χ4n) is 2.49. The first-order chi connectivity index (χ1) is 6.05. The standard InChI is InChI=1S/C12H26Si/c1-5-6-7-8-12(11-9-10-11)13(2,3)4/h11-12H,5-10H2,1-4H3. The zero-order valence-electron chi connectivity index (χ0n) is 9.90. The highest BCUT2D eigenvalue weighted by Gasteiger charge is 2.38. The first-order valence-electron chi connectivity index (χ1n) is 6.05. The Bertz CT molecular complexity index is 142. The molecule has 1 rings (SSSR count). The van der Waals surface area contributed by atoms with Gasteiger partial charge in [-0.2, -0.15) is 0 Å². The molecule has 1 aliphatic carbocycles. The van der Waals surface area contributed by atoms with Crippen LogP contribution >= 0.6 is 0 Å². The van der Waals surface area contributed by atoms with Crippen LogP contribution in [-0.2, 0) is 0 Å². The maximum absolute atomic E-state index is 2.56. The van der Waals surface area contributed by atoms with Crippen molar-refractivity contribution in [3.63, 3.8) is 0 Å². The number of hydrogen-bond donors (Lipinski definition) is 0. The van der Waals surface area contributed by atoms with Crippen LogP contribution in [0.4, 0.5) is 0 Å². The highest BCUT2D eigenvalue weighted by Crippen LogP contribution is 2.48. The summed E-state index contributed by atoms with van der Waals surface area (Å²) >= 11 is 0. The zero-order valence-corrected chi connectivity index (χ0v) is 10.9. The van der Waals surface area contributed by atoms with Gasteiger partial charge < -0.3 is 0 Å². The fourth-order valence-corrected chi connectivity index (χ4v) is 5.31. The summed E-state index contributed by atoms with van der Waals surface area (Å²) < 4.78 is 0. The Balaban J connectivity index is 2.30. The van der Waals surface area contributed by atoms with E-state index in [1.807, 2.05) is 0 Å². The van der Waals surface area contributed by atoms with Gasteiger partial charge in [-0.1, -0.05) is 65.1 Å². The zero-order chi connectivity index (χ0) is 9.90. The van der Waals surface area contributed by atoms with Gasteiger partial charge in [0.25, 0.3) is 0 Å². The van der Waals surface area contributed by atoms with Gasteiger partial charge in [-0.3, -0.25) is 0 Å². The second-order valence-electron chi connectivity index (χ2n) is 5.81. The average Bonchev–Trinajstić information content (AvgIpc) is 2.78. The lowest BCUT2D eigenvalue weighted by Crippen LogP contribution is -2.29. The van der Waals surface area contributed by atoms with Crippen LogP contribution in [0.5, 0.6) is 0 Å². The molecule has 0 aromatic carbocycles. The van der Waals surface area contributed by atoms with E-state index in [-0.39, 0.29) is 0 Å². The molecular weight excluding hydrogens is 172 g/mol. The van der Waals surface area contributed by atoms with Crippen molar-refractivity contribution in [1.29, 1.82) is 0 Å². The minimum Gasteiger partial charge on any atom is -0.0693 e. The number of rotatable bonds is 6. The highest BCUT2D eigenvalue weighted by atomic mass is 28.3. The molecule has 0 aromatic heterocycles. The predicted octanol–water partition coefficient (Wildman–Crippen LogP) is 4.69. The van der Waals surface area contributed by atoms with Crippen molar-refractivity contribution in [3.05, 3.63) is 0 Å². The molecular formula is C12H26Si. The Morgan fingerprint density at radius 3 is 2.15 bits per heavy atom. The normalized spacial score (nSPS) is 20.3. The molecule has 13 heavy (non-hydrogen) atoms. The van der Waals surface area contributed by atoms with Crippen molar-refractivity contribution in [2.75, 3.05) is 0 Å². The third-order valence-corrected chi connectivity index (χ3v) is 6.41. The summed E-state index contributed by atoms with van der Waals surface area (Å²) in [6, 6.07) is 0. The Kier molecular flexibility index (Phi) is 4.02. The lowest BCUT2D eigenvalue weighted by atomic mass is 10.1. The Hall–Kier alpha value is 0.217. The van der Waals surface area contributed by atoms with Gasteiger partial charge in [0.1, 0.15) is 0 Å². The molecule has 0 nitrogen and oxygen atoms in total. The molecule has 0 N–H and O–H groups in total. The first kappa shape index (κ1) is 11.3. The quantitative estimate of drug-likeness (QED) is 0.429. The Morgan fingerprint density at radius 1 is 1.15 bits per heavy atom. The largest absolute Gasteiger partial charge is 0.0693 e. The third-order valence-electron chi connectivity index (χ3n) is 3.42. The summed E-state index contributed by atoms with van der Waals surface area (Å²) in [5, 5.41) is 0. The van der Waals surface area contributed by atoms with E-state index in [0.717, 1.165) is 11.5 Å². The Labute approximate surface area is 85.1 Å². The number of hydrogen-bond acceptors (Lipinski definition) is 0. The van der Waals surface area contributed by atoms with E-state index in [1.165, 1.54) is 25.7 Å². The lowest BCUT2D eigenvalue weighted by Gasteiger charge is -2.29. The monoisotopic (exact) mass is 198 g/mol. The van der Waals surface area contributed by atoms with Gasteiger partial charge in [-0.15, -0.1) is 0 Å². The second kappa shape index (κ2) is 4.63. The van der Waals surface area contributed by atoms with Crippen LogP contribution in [-0.4, -0.2) is 8.07 Å². The summed E-state index contributed by atoms with van der Waals surface area (Å²) in [7, 11) is -0.837. The van der Waals surface area contributed by atoms with Gasteiger partial charge in [0.05, 0.1) is 0 Å². The molecule has 1 saturated carbocycles. The van der Waals surface area contributed by atoms with Gasteiger partial charge in [-0.25, -0.2) is 0 Å². The van der Waals surface area contributed by atoms with Crippen LogP contribution in [0.15, 0.2) is 0 Å². The molecule has 0 radical (unpaired) electrons. The van der Waals surface area contributed by atoms with Crippen molar-refractivity contribution >= 4 is 8.07 Å². The molecule has 1 heteroatoms. The molecule has 0 amide bonds. The van der Waals surface area contributed by atoms with E-state index in [9.17, 15) is 0 Å². The molecule has 0 spiro atoms. The summed E-state index contributed by atoms with van der Waals surface area (Å²) in [6.45, 7) is 9.98. The molecule has 78 valence electrons. The van der Waals surface area contributed by atoms with Crippen LogP contribution in [0.2, 0.25) is 25.2 Å². The van der Waals surface area contributed by atoms with E-state index in [1.54, 1.807) is 12.8 Å². The number of unbranched alkanes of at least 4 members (excludes halogenated alkanes) is 2. The summed E-state index contributed by atoms with van der Waals surface area (Å²) in [5.41, 5.74) is 1.14. The summed E-state index contributed by atoms with van der Waals surface area (Å²) in [4.78, 5) is 0. The van der Waals surface area contributed by atoms with Crippen molar-refractivity contribution in [1.82, 2.24) is 0 Å². The summed E-state index contributed by atoms with van der Waals surface area (Å²) in [6.07, 6.45) is 8.94. The van der Waals surface area contributed by atoms with Gasteiger partial charge >= 0.3 is 0 Å². The van der Waals surface area contributed by atoms with E-state index >= 15 is 0 Å². The van der Waals surface area contributed by atoms with Crippen LogP contribution in [0.1, 0.15) is 45.4 Å². The van der Waals surface area contributed by atoms with E-state index < -0.39 is 8.07 Å².